The highest BCUT2D eigenvalue weighted by Crippen LogP contribution is 2.40. The summed E-state index contributed by atoms with van der Waals surface area (Å²) in [5.41, 5.74) is 0.896. The van der Waals surface area contributed by atoms with E-state index in [9.17, 15) is 13.6 Å². The topological polar surface area (TPSA) is 69.8 Å². The number of halogens is 2. The van der Waals surface area contributed by atoms with E-state index in [1.54, 1.807) is 18.5 Å². The summed E-state index contributed by atoms with van der Waals surface area (Å²) >= 11 is 0. The maximum absolute atomic E-state index is 13.1. The predicted octanol–water partition coefficient (Wildman–Crippen LogP) is 3.51. The molecule has 2 amide bonds. The Morgan fingerprint density at radius 2 is 2.36 bits per heavy atom. The van der Waals surface area contributed by atoms with Crippen LogP contribution in [0.5, 0.6) is 0 Å². The highest BCUT2D eigenvalue weighted by Gasteiger charge is 2.38. The largest absolute Gasteiger partial charge is 0.360 e. The number of amides is 2. The molecule has 0 radical (unpaired) electrons. The van der Waals surface area contributed by atoms with Gasteiger partial charge >= 0.3 is 6.03 Å². The fraction of sp³-hybridized carbons (Fsp3) is 0.467. The van der Waals surface area contributed by atoms with Gasteiger partial charge in [0.15, 0.2) is 0 Å². The van der Waals surface area contributed by atoms with Crippen molar-refractivity contribution in [2.24, 2.45) is 5.92 Å². The lowest BCUT2D eigenvalue weighted by Gasteiger charge is -2.11. The van der Waals surface area contributed by atoms with Gasteiger partial charge in [0.25, 0.3) is 0 Å². The number of alkyl halides is 2. The quantitative estimate of drug-likeness (QED) is 0.809. The van der Waals surface area contributed by atoms with Crippen molar-refractivity contribution in [1.29, 1.82) is 0 Å². The van der Waals surface area contributed by atoms with E-state index in [0.717, 1.165) is 10.9 Å². The van der Waals surface area contributed by atoms with Crippen LogP contribution >= 0.6 is 0 Å². The van der Waals surface area contributed by atoms with Crippen molar-refractivity contribution in [3.05, 3.63) is 24.5 Å². The summed E-state index contributed by atoms with van der Waals surface area (Å²) in [7, 11) is 0. The summed E-state index contributed by atoms with van der Waals surface area (Å²) in [5.74, 6) is -2.08. The molecule has 0 aliphatic heterocycles. The maximum atomic E-state index is 13.1. The second-order valence-electron chi connectivity index (χ2n) is 5.77. The molecule has 0 spiro atoms. The zero-order valence-electron chi connectivity index (χ0n) is 12.0. The summed E-state index contributed by atoms with van der Waals surface area (Å²) in [6, 6.07) is 3.29. The SMILES string of the molecule is O=C(NCCC1CCC(F)(F)C1)Nc1cc2cc[nH]c2cn1. The Hall–Kier alpha value is -2.18. The second kappa shape index (κ2) is 5.90. The number of nitrogens with zero attached hydrogens (tertiary/aromatic N) is 1. The van der Waals surface area contributed by atoms with Gasteiger partial charge in [0.2, 0.25) is 5.92 Å². The molecular weight excluding hydrogens is 290 g/mol. The first kappa shape index (κ1) is 14.7. The van der Waals surface area contributed by atoms with Crippen LogP contribution in [0.3, 0.4) is 0 Å². The highest BCUT2D eigenvalue weighted by atomic mass is 19.3. The number of nitrogens with one attached hydrogen (secondary N) is 3. The van der Waals surface area contributed by atoms with Crippen LogP contribution in [0.1, 0.15) is 25.7 Å². The number of aromatic amines is 1. The number of carbonyl (C=O) groups is 1. The number of carbonyl (C=O) groups excluding carboxylic acids is 1. The summed E-state index contributed by atoms with van der Waals surface area (Å²) < 4.78 is 26.1. The number of anilines is 1. The van der Waals surface area contributed by atoms with Crippen molar-refractivity contribution in [2.75, 3.05) is 11.9 Å². The van der Waals surface area contributed by atoms with Crippen molar-refractivity contribution in [3.8, 4) is 0 Å². The lowest BCUT2D eigenvalue weighted by Crippen LogP contribution is -2.30. The van der Waals surface area contributed by atoms with Crippen LogP contribution < -0.4 is 10.6 Å². The number of hydrogen-bond acceptors (Lipinski definition) is 2. The molecule has 118 valence electrons. The van der Waals surface area contributed by atoms with Gasteiger partial charge in [0.05, 0.1) is 11.7 Å². The van der Waals surface area contributed by atoms with Crippen LogP contribution in [0.25, 0.3) is 10.9 Å². The van der Waals surface area contributed by atoms with Gasteiger partial charge in [-0.05, 0) is 30.9 Å². The molecule has 1 unspecified atom stereocenters. The molecule has 7 heteroatoms. The third-order valence-electron chi connectivity index (χ3n) is 4.02. The Labute approximate surface area is 126 Å². The molecular formula is C15H18F2N4O. The van der Waals surface area contributed by atoms with E-state index in [2.05, 4.69) is 20.6 Å². The van der Waals surface area contributed by atoms with Gasteiger partial charge in [0, 0.05) is 31.0 Å². The summed E-state index contributed by atoms with van der Waals surface area (Å²) in [5, 5.41) is 6.28. The number of H-pyrrole nitrogens is 1. The molecule has 1 aliphatic rings. The van der Waals surface area contributed by atoms with Crippen LogP contribution in [0.2, 0.25) is 0 Å². The average molecular weight is 308 g/mol. The van der Waals surface area contributed by atoms with Crippen LogP contribution in [-0.4, -0.2) is 28.5 Å². The Morgan fingerprint density at radius 1 is 1.50 bits per heavy atom. The lowest BCUT2D eigenvalue weighted by molar-refractivity contribution is 0.00478. The smallest absolute Gasteiger partial charge is 0.320 e. The van der Waals surface area contributed by atoms with Gasteiger partial charge in [-0.3, -0.25) is 5.32 Å². The molecule has 0 aromatic carbocycles. The van der Waals surface area contributed by atoms with E-state index in [1.165, 1.54) is 0 Å². The van der Waals surface area contributed by atoms with Crippen molar-refractivity contribution >= 4 is 22.8 Å². The highest BCUT2D eigenvalue weighted by molar-refractivity contribution is 5.90. The van der Waals surface area contributed by atoms with E-state index in [-0.39, 0.29) is 24.8 Å². The third-order valence-corrected chi connectivity index (χ3v) is 4.02. The van der Waals surface area contributed by atoms with Gasteiger partial charge in [0.1, 0.15) is 5.82 Å². The summed E-state index contributed by atoms with van der Waals surface area (Å²) in [6.45, 7) is 0.388. The number of rotatable bonds is 4. The molecule has 1 fully saturated rings. The van der Waals surface area contributed by atoms with E-state index in [4.69, 9.17) is 0 Å². The third kappa shape index (κ3) is 3.52. The zero-order valence-corrected chi connectivity index (χ0v) is 12.0. The first-order valence-corrected chi connectivity index (χ1v) is 7.38. The van der Waals surface area contributed by atoms with Crippen LogP contribution in [0.4, 0.5) is 19.4 Å². The molecule has 1 aliphatic carbocycles. The second-order valence-corrected chi connectivity index (χ2v) is 5.77. The Morgan fingerprint density at radius 3 is 3.14 bits per heavy atom. The molecule has 3 rings (SSSR count). The maximum Gasteiger partial charge on any atom is 0.320 e. The van der Waals surface area contributed by atoms with Gasteiger partial charge < -0.3 is 10.3 Å². The van der Waals surface area contributed by atoms with Crippen molar-refractivity contribution in [2.45, 2.75) is 31.6 Å². The van der Waals surface area contributed by atoms with Gasteiger partial charge in [-0.15, -0.1) is 0 Å². The van der Waals surface area contributed by atoms with E-state index < -0.39 is 5.92 Å². The van der Waals surface area contributed by atoms with Gasteiger partial charge in [-0.25, -0.2) is 18.6 Å². The number of hydrogen-bond donors (Lipinski definition) is 3. The first-order chi connectivity index (χ1) is 10.5. The molecule has 0 saturated heterocycles. The van der Waals surface area contributed by atoms with Gasteiger partial charge in [-0.2, -0.15) is 0 Å². The minimum Gasteiger partial charge on any atom is -0.360 e. The summed E-state index contributed by atoms with van der Waals surface area (Å²) in [4.78, 5) is 18.9. The Kier molecular flexibility index (Phi) is 3.96. The van der Waals surface area contributed by atoms with E-state index >= 15 is 0 Å². The van der Waals surface area contributed by atoms with Gasteiger partial charge in [-0.1, -0.05) is 0 Å². The first-order valence-electron chi connectivity index (χ1n) is 7.38. The number of urea groups is 1. The molecule has 3 N–H and O–H groups in total. The minimum absolute atomic E-state index is 0.00960. The summed E-state index contributed by atoms with van der Waals surface area (Å²) in [6.07, 6.45) is 4.45. The fourth-order valence-corrected chi connectivity index (χ4v) is 2.86. The monoisotopic (exact) mass is 308 g/mol. The molecule has 2 aromatic rings. The molecule has 2 aromatic heterocycles. The van der Waals surface area contributed by atoms with Crippen LogP contribution in [-0.2, 0) is 0 Å². The fourth-order valence-electron chi connectivity index (χ4n) is 2.86. The van der Waals surface area contributed by atoms with E-state index in [1.807, 2.05) is 6.07 Å². The Balaban J connectivity index is 1.44. The van der Waals surface area contributed by atoms with Crippen molar-refractivity contribution in [1.82, 2.24) is 15.3 Å². The van der Waals surface area contributed by atoms with E-state index in [0.29, 0.717) is 25.2 Å². The molecule has 2 heterocycles. The molecule has 22 heavy (non-hydrogen) atoms. The average Bonchev–Trinajstić information content (AvgIpc) is 3.04. The molecule has 5 nitrogen and oxygen atoms in total. The zero-order chi connectivity index (χ0) is 15.6. The van der Waals surface area contributed by atoms with Crippen LogP contribution in [0.15, 0.2) is 24.5 Å². The minimum atomic E-state index is -2.52. The molecule has 1 saturated carbocycles. The predicted molar refractivity (Wildman–Crippen MR) is 80.0 cm³/mol. The normalized spacial score (nSPS) is 20.2. The van der Waals surface area contributed by atoms with Crippen molar-refractivity contribution in [3.63, 3.8) is 0 Å². The number of aromatic nitrogens is 2. The standard InChI is InChI=1S/C15H18F2N4O/c16-15(17)4-1-10(8-15)2-5-19-14(22)21-13-7-11-3-6-18-12(11)9-20-13/h3,6-7,9-10,18H,1-2,4-5,8H2,(H2,19,20,21,22). The number of fused-ring (bicyclic) bond motifs is 1. The molecule has 0 bridgehead atoms. The van der Waals surface area contributed by atoms with Crippen molar-refractivity contribution < 1.29 is 13.6 Å². The number of pyridine rings is 1. The lowest BCUT2D eigenvalue weighted by atomic mass is 10.0. The Bertz CT molecular complexity index is 670. The molecule has 1 atom stereocenters. The van der Waals surface area contributed by atoms with Crippen LogP contribution in [0, 0.1) is 5.92 Å².